The van der Waals surface area contributed by atoms with Gasteiger partial charge in [-0.15, -0.1) is 0 Å². The van der Waals surface area contributed by atoms with E-state index in [1.54, 1.807) is 0 Å². The molecule has 2 unspecified atom stereocenters. The van der Waals surface area contributed by atoms with Crippen molar-refractivity contribution >= 4 is 0 Å². The normalized spacial score (nSPS) is 29.4. The highest BCUT2D eigenvalue weighted by Gasteiger charge is 2.32. The lowest BCUT2D eigenvalue weighted by molar-refractivity contribution is -0.0204. The summed E-state index contributed by atoms with van der Waals surface area (Å²) in [6.07, 6.45) is 11.3. The van der Waals surface area contributed by atoms with Crippen molar-refractivity contribution in [1.29, 1.82) is 0 Å². The molecule has 2 heteroatoms. The minimum Gasteiger partial charge on any atom is -0.377 e. The van der Waals surface area contributed by atoms with Gasteiger partial charge in [-0.3, -0.25) is 0 Å². The smallest absolute Gasteiger partial charge is 0.0730 e. The van der Waals surface area contributed by atoms with Crippen molar-refractivity contribution in [2.45, 2.75) is 70.4 Å². The van der Waals surface area contributed by atoms with Crippen LogP contribution in [0.2, 0.25) is 0 Å². The molecule has 1 N–H and O–H groups in total. The molecule has 2 aliphatic rings. The van der Waals surface area contributed by atoms with Gasteiger partial charge in [0.25, 0.3) is 0 Å². The fourth-order valence-electron chi connectivity index (χ4n) is 3.28. The summed E-state index contributed by atoms with van der Waals surface area (Å²) in [6.45, 7) is 4.39. The lowest BCUT2D eigenvalue weighted by atomic mass is 9.89. The van der Waals surface area contributed by atoms with Crippen molar-refractivity contribution in [3.8, 4) is 0 Å². The molecule has 0 aromatic rings. The molecule has 16 heavy (non-hydrogen) atoms. The first kappa shape index (κ1) is 12.4. The van der Waals surface area contributed by atoms with Crippen molar-refractivity contribution in [2.24, 2.45) is 5.92 Å². The summed E-state index contributed by atoms with van der Waals surface area (Å²) in [5.41, 5.74) is 0. The molecule has 0 aromatic heterocycles. The molecule has 2 fully saturated rings. The van der Waals surface area contributed by atoms with Crippen LogP contribution < -0.4 is 5.32 Å². The second-order valence-electron chi connectivity index (χ2n) is 5.43. The van der Waals surface area contributed by atoms with Gasteiger partial charge in [0, 0.05) is 12.6 Å². The van der Waals surface area contributed by atoms with Gasteiger partial charge in [0.05, 0.1) is 6.10 Å². The fourth-order valence-corrected chi connectivity index (χ4v) is 3.28. The summed E-state index contributed by atoms with van der Waals surface area (Å²) in [6, 6.07) is 0.641. The first-order valence-corrected chi connectivity index (χ1v) is 7.27. The summed E-state index contributed by atoms with van der Waals surface area (Å²) in [5.74, 6) is 0.884. The van der Waals surface area contributed by atoms with Crippen molar-refractivity contribution in [1.82, 2.24) is 5.32 Å². The number of nitrogens with one attached hydrogen (secondary N) is 1. The molecular formula is C14H27NO. The Balaban J connectivity index is 1.89. The van der Waals surface area contributed by atoms with E-state index in [-0.39, 0.29) is 0 Å². The van der Waals surface area contributed by atoms with Crippen LogP contribution in [0.1, 0.15) is 58.3 Å². The minimum absolute atomic E-state index is 0.503. The van der Waals surface area contributed by atoms with Crippen LogP contribution in [0.4, 0.5) is 0 Å². The maximum Gasteiger partial charge on any atom is 0.0730 e. The Morgan fingerprint density at radius 2 is 1.88 bits per heavy atom. The van der Waals surface area contributed by atoms with Gasteiger partial charge < -0.3 is 10.1 Å². The quantitative estimate of drug-likeness (QED) is 0.776. The average Bonchev–Trinajstić information content (AvgIpc) is 2.85. The zero-order valence-corrected chi connectivity index (χ0v) is 10.7. The van der Waals surface area contributed by atoms with E-state index in [9.17, 15) is 0 Å². The van der Waals surface area contributed by atoms with Gasteiger partial charge in [-0.1, -0.05) is 19.8 Å². The standard InChI is InChI=1S/C14H27NO/c1-2-10-15-14(12-7-3-4-8-12)13-9-5-6-11-16-13/h12-15H,2-11H2,1H3. The molecule has 1 aliphatic heterocycles. The molecule has 0 bridgehead atoms. The summed E-state index contributed by atoms with van der Waals surface area (Å²) >= 11 is 0. The largest absolute Gasteiger partial charge is 0.377 e. The van der Waals surface area contributed by atoms with E-state index in [0.717, 1.165) is 19.1 Å². The highest BCUT2D eigenvalue weighted by Crippen LogP contribution is 2.32. The van der Waals surface area contributed by atoms with E-state index in [0.29, 0.717) is 12.1 Å². The summed E-state index contributed by atoms with van der Waals surface area (Å²) < 4.78 is 5.99. The maximum absolute atomic E-state index is 5.99. The van der Waals surface area contributed by atoms with Crippen molar-refractivity contribution in [3.63, 3.8) is 0 Å². The molecule has 1 heterocycles. The zero-order valence-electron chi connectivity index (χ0n) is 10.7. The van der Waals surface area contributed by atoms with Crippen LogP contribution in [-0.2, 0) is 4.74 Å². The third-order valence-electron chi connectivity index (χ3n) is 4.15. The van der Waals surface area contributed by atoms with Gasteiger partial charge >= 0.3 is 0 Å². The van der Waals surface area contributed by atoms with Crippen LogP contribution in [0.3, 0.4) is 0 Å². The topological polar surface area (TPSA) is 21.3 Å². The van der Waals surface area contributed by atoms with Gasteiger partial charge in [0.15, 0.2) is 0 Å². The summed E-state index contributed by atoms with van der Waals surface area (Å²) in [7, 11) is 0. The first-order valence-electron chi connectivity index (χ1n) is 7.27. The predicted octanol–water partition coefficient (Wildman–Crippen LogP) is 3.11. The molecule has 1 aliphatic carbocycles. The fraction of sp³-hybridized carbons (Fsp3) is 1.00. The van der Waals surface area contributed by atoms with Gasteiger partial charge in [-0.2, -0.15) is 0 Å². The molecule has 0 amide bonds. The van der Waals surface area contributed by atoms with E-state index in [1.165, 1.54) is 51.4 Å². The van der Waals surface area contributed by atoms with Crippen LogP contribution in [0.15, 0.2) is 0 Å². The molecule has 2 atom stereocenters. The molecule has 0 radical (unpaired) electrons. The SMILES string of the molecule is CCCNC(C1CCCC1)C1CCCCO1. The highest BCUT2D eigenvalue weighted by atomic mass is 16.5. The van der Waals surface area contributed by atoms with Crippen molar-refractivity contribution in [3.05, 3.63) is 0 Å². The van der Waals surface area contributed by atoms with Gasteiger partial charge in [0.1, 0.15) is 0 Å². The summed E-state index contributed by atoms with van der Waals surface area (Å²) in [5, 5.41) is 3.76. The Kier molecular flexibility index (Phi) is 5.11. The van der Waals surface area contributed by atoms with E-state index in [1.807, 2.05) is 0 Å². The lowest BCUT2D eigenvalue weighted by Gasteiger charge is -2.35. The molecular weight excluding hydrogens is 198 g/mol. The van der Waals surface area contributed by atoms with Crippen LogP contribution in [0.5, 0.6) is 0 Å². The van der Waals surface area contributed by atoms with Crippen LogP contribution in [0, 0.1) is 5.92 Å². The number of hydrogen-bond donors (Lipinski definition) is 1. The second kappa shape index (κ2) is 6.61. The number of hydrogen-bond acceptors (Lipinski definition) is 2. The molecule has 0 spiro atoms. The van der Waals surface area contributed by atoms with E-state index in [4.69, 9.17) is 4.74 Å². The van der Waals surface area contributed by atoms with Crippen LogP contribution in [-0.4, -0.2) is 25.3 Å². The predicted molar refractivity (Wildman–Crippen MR) is 67.6 cm³/mol. The van der Waals surface area contributed by atoms with Gasteiger partial charge in [-0.05, 0) is 51.0 Å². The average molecular weight is 225 g/mol. The maximum atomic E-state index is 5.99. The van der Waals surface area contributed by atoms with E-state index < -0.39 is 0 Å². The second-order valence-corrected chi connectivity index (χ2v) is 5.43. The van der Waals surface area contributed by atoms with Crippen molar-refractivity contribution < 1.29 is 4.74 Å². The highest BCUT2D eigenvalue weighted by molar-refractivity contribution is 4.87. The molecule has 1 saturated heterocycles. The number of rotatable bonds is 5. The third kappa shape index (κ3) is 3.21. The zero-order chi connectivity index (χ0) is 11.2. The van der Waals surface area contributed by atoms with Crippen LogP contribution in [0.25, 0.3) is 0 Å². The number of ether oxygens (including phenoxy) is 1. The lowest BCUT2D eigenvalue weighted by Crippen LogP contribution is -2.47. The van der Waals surface area contributed by atoms with Crippen molar-refractivity contribution in [2.75, 3.05) is 13.2 Å². The van der Waals surface area contributed by atoms with Gasteiger partial charge in [-0.25, -0.2) is 0 Å². The van der Waals surface area contributed by atoms with E-state index >= 15 is 0 Å². The third-order valence-corrected chi connectivity index (χ3v) is 4.15. The monoisotopic (exact) mass is 225 g/mol. The Morgan fingerprint density at radius 3 is 2.50 bits per heavy atom. The molecule has 2 rings (SSSR count). The first-order chi connectivity index (χ1) is 7.92. The Hall–Kier alpha value is -0.0800. The molecule has 2 nitrogen and oxygen atoms in total. The van der Waals surface area contributed by atoms with Gasteiger partial charge in [0.2, 0.25) is 0 Å². The van der Waals surface area contributed by atoms with Crippen LogP contribution >= 0.6 is 0 Å². The molecule has 1 saturated carbocycles. The Labute approximate surface area is 100 Å². The summed E-state index contributed by atoms with van der Waals surface area (Å²) in [4.78, 5) is 0. The Bertz CT molecular complexity index is 183. The Morgan fingerprint density at radius 1 is 1.12 bits per heavy atom. The minimum atomic E-state index is 0.503. The molecule has 94 valence electrons. The van der Waals surface area contributed by atoms with E-state index in [2.05, 4.69) is 12.2 Å². The molecule has 0 aromatic carbocycles.